The fourth-order valence-corrected chi connectivity index (χ4v) is 5.88. The smallest absolute Gasteiger partial charge is 0.250 e. The molecule has 0 atom stereocenters. The Morgan fingerprint density at radius 1 is 1.22 bits per heavy atom. The number of thiophene rings is 1. The van der Waals surface area contributed by atoms with Crippen LogP contribution in [0.2, 0.25) is 0 Å². The standard InChI is InChI=1S/C18H16ClN3O2S3/c19-10-14-11-20-18(26-14)15-9-13-4-1-3-12(17(13)22-15)6-7-21-27(23,24)16-5-2-8-25-16/h1-5,8-9,11,21-22H,6-7,10H2. The van der Waals surface area contributed by atoms with Crippen LogP contribution in [0.4, 0.5) is 0 Å². The number of sulfonamides is 1. The molecule has 0 saturated heterocycles. The summed E-state index contributed by atoms with van der Waals surface area (Å²) in [5.74, 6) is 0.452. The molecule has 3 aromatic heterocycles. The van der Waals surface area contributed by atoms with Crippen molar-refractivity contribution in [2.24, 2.45) is 0 Å². The number of thiazole rings is 1. The molecule has 0 aliphatic rings. The quantitative estimate of drug-likeness (QED) is 0.414. The number of nitrogens with zero attached hydrogens (tertiary/aromatic N) is 1. The van der Waals surface area contributed by atoms with Gasteiger partial charge in [-0.25, -0.2) is 18.1 Å². The minimum Gasteiger partial charge on any atom is -0.352 e. The number of nitrogens with one attached hydrogen (secondary N) is 2. The lowest BCUT2D eigenvalue weighted by Crippen LogP contribution is -2.25. The molecule has 0 aliphatic heterocycles. The number of benzene rings is 1. The first-order chi connectivity index (χ1) is 13.1. The van der Waals surface area contributed by atoms with E-state index in [-0.39, 0.29) is 0 Å². The van der Waals surface area contributed by atoms with E-state index in [0.29, 0.717) is 23.1 Å². The molecule has 0 aliphatic carbocycles. The largest absolute Gasteiger partial charge is 0.352 e. The molecule has 0 bridgehead atoms. The van der Waals surface area contributed by atoms with E-state index in [2.05, 4.69) is 20.8 Å². The van der Waals surface area contributed by atoms with Crippen molar-refractivity contribution in [2.75, 3.05) is 6.54 Å². The zero-order valence-corrected chi connectivity index (χ0v) is 17.3. The van der Waals surface area contributed by atoms with Crippen molar-refractivity contribution in [2.45, 2.75) is 16.5 Å². The van der Waals surface area contributed by atoms with Gasteiger partial charge in [-0.05, 0) is 29.5 Å². The number of fused-ring (bicyclic) bond motifs is 1. The predicted molar refractivity (Wildman–Crippen MR) is 112 cm³/mol. The Morgan fingerprint density at radius 2 is 2.11 bits per heavy atom. The molecule has 0 saturated carbocycles. The molecule has 4 aromatic rings. The molecule has 3 heterocycles. The van der Waals surface area contributed by atoms with Gasteiger partial charge in [-0.1, -0.05) is 24.3 Å². The third-order valence-electron chi connectivity index (χ3n) is 4.10. The molecule has 27 heavy (non-hydrogen) atoms. The van der Waals surface area contributed by atoms with E-state index in [1.807, 2.05) is 18.2 Å². The summed E-state index contributed by atoms with van der Waals surface area (Å²) in [5, 5.41) is 3.72. The van der Waals surface area contributed by atoms with Crippen LogP contribution in [0.5, 0.6) is 0 Å². The zero-order chi connectivity index (χ0) is 18.9. The topological polar surface area (TPSA) is 74.8 Å². The van der Waals surface area contributed by atoms with Gasteiger partial charge in [-0.2, -0.15) is 0 Å². The summed E-state index contributed by atoms with van der Waals surface area (Å²) >= 11 is 8.64. The van der Waals surface area contributed by atoms with Gasteiger partial charge in [-0.15, -0.1) is 34.3 Å². The highest BCUT2D eigenvalue weighted by Gasteiger charge is 2.15. The van der Waals surface area contributed by atoms with Gasteiger partial charge >= 0.3 is 0 Å². The van der Waals surface area contributed by atoms with Gasteiger partial charge in [0.15, 0.2) is 0 Å². The highest BCUT2D eigenvalue weighted by Crippen LogP contribution is 2.30. The first-order valence-electron chi connectivity index (χ1n) is 8.21. The Kier molecular flexibility index (Phi) is 5.34. The lowest BCUT2D eigenvalue weighted by Gasteiger charge is -2.06. The van der Waals surface area contributed by atoms with Gasteiger partial charge in [0.2, 0.25) is 10.0 Å². The predicted octanol–water partition coefficient (Wildman–Crippen LogP) is 4.61. The molecule has 0 spiro atoms. The summed E-state index contributed by atoms with van der Waals surface area (Å²) in [7, 11) is -3.44. The molecule has 1 aromatic carbocycles. The SMILES string of the molecule is O=S(=O)(NCCc1cccc2cc(-c3ncc(CCl)s3)[nH]c12)c1cccs1. The molecule has 0 amide bonds. The minimum atomic E-state index is -3.44. The summed E-state index contributed by atoms with van der Waals surface area (Å²) in [5.41, 5.74) is 3.00. The Bertz CT molecular complexity index is 1160. The van der Waals surface area contributed by atoms with E-state index >= 15 is 0 Å². The summed E-state index contributed by atoms with van der Waals surface area (Å²) in [4.78, 5) is 8.86. The van der Waals surface area contributed by atoms with E-state index in [0.717, 1.165) is 32.0 Å². The fraction of sp³-hybridized carbons (Fsp3) is 0.167. The first-order valence-corrected chi connectivity index (χ1v) is 11.9. The van der Waals surface area contributed by atoms with Gasteiger partial charge in [0.05, 0.1) is 11.6 Å². The van der Waals surface area contributed by atoms with Crippen LogP contribution in [0, 0.1) is 0 Å². The number of H-pyrrole nitrogens is 1. The molecule has 4 rings (SSSR count). The Labute approximate surface area is 170 Å². The number of aromatic amines is 1. The second-order valence-corrected chi connectivity index (χ2v) is 10.2. The number of hydrogen-bond acceptors (Lipinski definition) is 5. The Hall–Kier alpha value is -1.71. The van der Waals surface area contributed by atoms with Crippen LogP contribution in [-0.4, -0.2) is 24.9 Å². The third kappa shape index (κ3) is 3.95. The molecule has 5 nitrogen and oxygen atoms in total. The van der Waals surface area contributed by atoms with Crippen molar-refractivity contribution in [3.63, 3.8) is 0 Å². The fourth-order valence-electron chi connectivity index (χ4n) is 2.84. The third-order valence-corrected chi connectivity index (χ3v) is 8.44. The van der Waals surface area contributed by atoms with Crippen LogP contribution in [0.15, 0.2) is 52.2 Å². The molecule has 140 valence electrons. The van der Waals surface area contributed by atoms with E-state index in [1.54, 1.807) is 35.0 Å². The van der Waals surface area contributed by atoms with Crippen LogP contribution < -0.4 is 4.72 Å². The van der Waals surface area contributed by atoms with Crippen molar-refractivity contribution in [3.8, 4) is 10.7 Å². The Morgan fingerprint density at radius 3 is 2.85 bits per heavy atom. The van der Waals surface area contributed by atoms with Gasteiger partial charge in [0.25, 0.3) is 0 Å². The monoisotopic (exact) mass is 437 g/mol. The highest BCUT2D eigenvalue weighted by atomic mass is 35.5. The molecule has 2 N–H and O–H groups in total. The number of hydrogen-bond donors (Lipinski definition) is 2. The van der Waals surface area contributed by atoms with Gasteiger partial charge in [0, 0.05) is 28.5 Å². The molecular weight excluding hydrogens is 422 g/mol. The maximum absolute atomic E-state index is 12.2. The van der Waals surface area contributed by atoms with E-state index in [1.165, 1.54) is 11.3 Å². The number of para-hydroxylation sites is 1. The van der Waals surface area contributed by atoms with Crippen molar-refractivity contribution in [3.05, 3.63) is 58.4 Å². The van der Waals surface area contributed by atoms with Crippen LogP contribution in [0.1, 0.15) is 10.4 Å². The Balaban J connectivity index is 1.54. The number of aromatic nitrogens is 2. The maximum atomic E-state index is 12.2. The lowest BCUT2D eigenvalue weighted by atomic mass is 10.1. The molecule has 0 unspecified atom stereocenters. The molecule has 9 heteroatoms. The second kappa shape index (κ2) is 7.73. The van der Waals surface area contributed by atoms with E-state index in [4.69, 9.17) is 11.6 Å². The van der Waals surface area contributed by atoms with Crippen LogP contribution in [-0.2, 0) is 22.3 Å². The summed E-state index contributed by atoms with van der Waals surface area (Å²) in [6, 6.07) is 11.4. The summed E-state index contributed by atoms with van der Waals surface area (Å²) in [6.07, 6.45) is 2.38. The highest BCUT2D eigenvalue weighted by molar-refractivity contribution is 7.91. The normalized spacial score (nSPS) is 12.0. The minimum absolute atomic E-state index is 0.335. The zero-order valence-electron chi connectivity index (χ0n) is 14.1. The van der Waals surface area contributed by atoms with Gasteiger partial charge in [0.1, 0.15) is 9.22 Å². The van der Waals surface area contributed by atoms with Crippen molar-refractivity contribution in [1.82, 2.24) is 14.7 Å². The van der Waals surface area contributed by atoms with Crippen molar-refractivity contribution >= 4 is 55.2 Å². The van der Waals surface area contributed by atoms with Crippen LogP contribution in [0.3, 0.4) is 0 Å². The summed E-state index contributed by atoms with van der Waals surface area (Å²) < 4.78 is 27.5. The first kappa shape index (κ1) is 18.6. The lowest BCUT2D eigenvalue weighted by molar-refractivity contribution is 0.584. The number of halogens is 1. The van der Waals surface area contributed by atoms with Crippen molar-refractivity contribution < 1.29 is 8.42 Å². The number of alkyl halides is 1. The van der Waals surface area contributed by atoms with E-state index in [9.17, 15) is 8.42 Å². The van der Waals surface area contributed by atoms with Crippen LogP contribution >= 0.6 is 34.3 Å². The molecular formula is C18H16ClN3O2S3. The molecule has 0 fully saturated rings. The maximum Gasteiger partial charge on any atom is 0.250 e. The van der Waals surface area contributed by atoms with E-state index < -0.39 is 10.0 Å². The average Bonchev–Trinajstić information content (AvgIpc) is 3.40. The van der Waals surface area contributed by atoms with Crippen LogP contribution in [0.25, 0.3) is 21.6 Å². The van der Waals surface area contributed by atoms with Gasteiger partial charge < -0.3 is 4.98 Å². The molecule has 0 radical (unpaired) electrons. The number of rotatable bonds is 7. The summed E-state index contributed by atoms with van der Waals surface area (Å²) in [6.45, 7) is 0.335. The van der Waals surface area contributed by atoms with Gasteiger partial charge in [-0.3, -0.25) is 0 Å². The second-order valence-electron chi connectivity index (χ2n) is 5.91. The van der Waals surface area contributed by atoms with Crippen molar-refractivity contribution in [1.29, 1.82) is 0 Å². The average molecular weight is 438 g/mol.